The lowest BCUT2D eigenvalue weighted by atomic mass is 9.89. The third-order valence-corrected chi connectivity index (χ3v) is 5.83. The molecule has 0 spiro atoms. The van der Waals surface area contributed by atoms with Crippen LogP contribution in [0.2, 0.25) is 10.0 Å². The summed E-state index contributed by atoms with van der Waals surface area (Å²) in [6.07, 6.45) is -2.84. The van der Waals surface area contributed by atoms with Gasteiger partial charge in [-0.05, 0) is 42.6 Å². The summed E-state index contributed by atoms with van der Waals surface area (Å²) in [5.74, 6) is -1.06. The monoisotopic (exact) mass is 431 g/mol. The Balaban J connectivity index is 2.24. The Morgan fingerprint density at radius 2 is 1.75 bits per heavy atom. The Bertz CT molecular complexity index is 873. The van der Waals surface area contributed by atoms with E-state index in [0.29, 0.717) is 31.4 Å². The second kappa shape index (κ2) is 8.31. The zero-order chi connectivity index (χ0) is 20.5. The summed E-state index contributed by atoms with van der Waals surface area (Å²) in [5, 5.41) is 10.0. The number of hydrogen-bond donors (Lipinski definition) is 1. The average molecular weight is 432 g/mol. The van der Waals surface area contributed by atoms with Gasteiger partial charge in [0.15, 0.2) is 0 Å². The SMILES string of the molecule is O=C(O)C1CCCCN1C(c1ccccc1C(F)(F)F)c1cccc(Cl)c1Cl. The van der Waals surface area contributed by atoms with Gasteiger partial charge in [-0.1, -0.05) is 60.0 Å². The second-order valence-corrected chi connectivity index (χ2v) is 7.50. The number of carboxylic acids is 1. The van der Waals surface area contributed by atoms with Gasteiger partial charge in [-0.2, -0.15) is 13.2 Å². The number of carbonyl (C=O) groups is 1. The standard InChI is InChI=1S/C20H18Cl2F3NO2/c21-15-9-5-7-13(17(15)22)18(26-11-4-3-10-16(26)19(27)28)12-6-1-2-8-14(12)20(23,24)25/h1-2,5-9,16,18H,3-4,10-11H2,(H,27,28). The highest BCUT2D eigenvalue weighted by atomic mass is 35.5. The minimum absolute atomic E-state index is 0.0349. The van der Waals surface area contributed by atoms with Gasteiger partial charge in [0.2, 0.25) is 0 Å². The molecule has 3 rings (SSSR count). The highest BCUT2D eigenvalue weighted by Crippen LogP contribution is 2.44. The van der Waals surface area contributed by atoms with Crippen molar-refractivity contribution in [1.29, 1.82) is 0 Å². The molecule has 2 atom stereocenters. The molecule has 0 saturated carbocycles. The summed E-state index contributed by atoms with van der Waals surface area (Å²) in [7, 11) is 0. The molecule has 1 fully saturated rings. The zero-order valence-corrected chi connectivity index (χ0v) is 16.2. The minimum Gasteiger partial charge on any atom is -0.480 e. The number of piperidine rings is 1. The molecule has 150 valence electrons. The van der Waals surface area contributed by atoms with E-state index in [2.05, 4.69) is 0 Å². The molecule has 2 aromatic carbocycles. The Kier molecular flexibility index (Phi) is 6.22. The van der Waals surface area contributed by atoms with Gasteiger partial charge in [-0.25, -0.2) is 0 Å². The predicted molar refractivity (Wildman–Crippen MR) is 102 cm³/mol. The molecule has 0 aliphatic carbocycles. The van der Waals surface area contributed by atoms with Crippen molar-refractivity contribution in [1.82, 2.24) is 4.90 Å². The lowest BCUT2D eigenvalue weighted by Crippen LogP contribution is -2.47. The van der Waals surface area contributed by atoms with Crippen LogP contribution in [0.5, 0.6) is 0 Å². The molecule has 1 aliphatic rings. The van der Waals surface area contributed by atoms with Crippen LogP contribution in [-0.4, -0.2) is 28.6 Å². The number of carboxylic acid groups (broad SMARTS) is 1. The smallest absolute Gasteiger partial charge is 0.416 e. The molecule has 0 aromatic heterocycles. The number of nitrogens with zero attached hydrogens (tertiary/aromatic N) is 1. The Labute approximate surface area is 170 Å². The lowest BCUT2D eigenvalue weighted by Gasteiger charge is -2.40. The molecule has 0 radical (unpaired) electrons. The van der Waals surface area contributed by atoms with Crippen LogP contribution < -0.4 is 0 Å². The number of halogens is 5. The van der Waals surface area contributed by atoms with Gasteiger partial charge < -0.3 is 5.11 Å². The fourth-order valence-electron chi connectivity index (χ4n) is 3.78. The van der Waals surface area contributed by atoms with Gasteiger partial charge >= 0.3 is 12.1 Å². The van der Waals surface area contributed by atoms with Crippen LogP contribution in [0.4, 0.5) is 13.2 Å². The maximum absolute atomic E-state index is 13.7. The normalized spacial score (nSPS) is 19.4. The summed E-state index contributed by atoms with van der Waals surface area (Å²) >= 11 is 12.5. The van der Waals surface area contributed by atoms with E-state index in [0.717, 1.165) is 6.07 Å². The average Bonchev–Trinajstić information content (AvgIpc) is 2.65. The maximum atomic E-state index is 13.7. The molecule has 2 aromatic rings. The quantitative estimate of drug-likeness (QED) is 0.641. The minimum atomic E-state index is -4.59. The third-order valence-electron chi connectivity index (χ3n) is 5.00. The van der Waals surface area contributed by atoms with Crippen LogP contribution in [0.25, 0.3) is 0 Å². The van der Waals surface area contributed by atoms with Crippen LogP contribution >= 0.6 is 23.2 Å². The molecule has 8 heteroatoms. The molecule has 3 nitrogen and oxygen atoms in total. The molecule has 0 amide bonds. The highest BCUT2D eigenvalue weighted by molar-refractivity contribution is 6.42. The number of likely N-dealkylation sites (tertiary alicyclic amines) is 1. The predicted octanol–water partition coefficient (Wildman–Crippen LogP) is 6.04. The number of rotatable bonds is 4. The van der Waals surface area contributed by atoms with E-state index in [1.165, 1.54) is 18.2 Å². The van der Waals surface area contributed by atoms with Crippen LogP contribution in [0.3, 0.4) is 0 Å². The molecule has 1 heterocycles. The summed E-state index contributed by atoms with van der Waals surface area (Å²) in [5.41, 5.74) is -0.489. The topological polar surface area (TPSA) is 40.5 Å². The Morgan fingerprint density at radius 3 is 2.43 bits per heavy atom. The number of aliphatic carboxylic acids is 1. The summed E-state index contributed by atoms with van der Waals surface area (Å²) in [6, 6.07) is 8.06. The van der Waals surface area contributed by atoms with E-state index < -0.39 is 29.8 Å². The third kappa shape index (κ3) is 4.14. The second-order valence-electron chi connectivity index (χ2n) is 6.72. The molecule has 2 unspecified atom stereocenters. The Morgan fingerprint density at radius 1 is 1.07 bits per heavy atom. The van der Waals surface area contributed by atoms with Crippen LogP contribution in [0.1, 0.15) is 42.0 Å². The van der Waals surface area contributed by atoms with Crippen molar-refractivity contribution in [3.63, 3.8) is 0 Å². The number of alkyl halides is 3. The molecule has 28 heavy (non-hydrogen) atoms. The fourth-order valence-corrected chi connectivity index (χ4v) is 4.19. The molecular weight excluding hydrogens is 414 g/mol. The van der Waals surface area contributed by atoms with E-state index in [1.807, 2.05) is 0 Å². The fraction of sp³-hybridized carbons (Fsp3) is 0.350. The van der Waals surface area contributed by atoms with Crippen molar-refractivity contribution in [2.45, 2.75) is 37.5 Å². The number of benzene rings is 2. The van der Waals surface area contributed by atoms with E-state index in [1.54, 1.807) is 23.1 Å². The molecule has 1 saturated heterocycles. The first-order valence-electron chi connectivity index (χ1n) is 8.80. The molecule has 0 bridgehead atoms. The van der Waals surface area contributed by atoms with Crippen molar-refractivity contribution in [3.8, 4) is 0 Å². The maximum Gasteiger partial charge on any atom is 0.416 e. The summed E-state index contributed by atoms with van der Waals surface area (Å²) in [4.78, 5) is 13.4. The first-order valence-corrected chi connectivity index (χ1v) is 9.56. The lowest BCUT2D eigenvalue weighted by molar-refractivity contribution is -0.145. The van der Waals surface area contributed by atoms with Crippen LogP contribution in [0, 0.1) is 0 Å². The van der Waals surface area contributed by atoms with Crippen molar-refractivity contribution < 1.29 is 23.1 Å². The van der Waals surface area contributed by atoms with Crippen molar-refractivity contribution in [2.24, 2.45) is 0 Å². The van der Waals surface area contributed by atoms with Gasteiger partial charge in [-0.3, -0.25) is 9.69 Å². The van der Waals surface area contributed by atoms with Gasteiger partial charge in [0, 0.05) is 0 Å². The first-order chi connectivity index (χ1) is 13.2. The van der Waals surface area contributed by atoms with E-state index >= 15 is 0 Å². The summed E-state index contributed by atoms with van der Waals surface area (Å²) in [6.45, 7) is 0.344. The number of hydrogen-bond acceptors (Lipinski definition) is 2. The zero-order valence-electron chi connectivity index (χ0n) is 14.7. The van der Waals surface area contributed by atoms with Crippen molar-refractivity contribution in [3.05, 3.63) is 69.2 Å². The van der Waals surface area contributed by atoms with Crippen LogP contribution in [0.15, 0.2) is 42.5 Å². The van der Waals surface area contributed by atoms with Crippen LogP contribution in [-0.2, 0) is 11.0 Å². The molecular formula is C20H18Cl2F3NO2. The van der Waals surface area contributed by atoms with Crippen molar-refractivity contribution in [2.75, 3.05) is 6.54 Å². The van der Waals surface area contributed by atoms with Gasteiger partial charge in [0.25, 0.3) is 0 Å². The van der Waals surface area contributed by atoms with Gasteiger partial charge in [0.05, 0.1) is 21.7 Å². The van der Waals surface area contributed by atoms with E-state index in [9.17, 15) is 23.1 Å². The van der Waals surface area contributed by atoms with Crippen molar-refractivity contribution >= 4 is 29.2 Å². The van der Waals surface area contributed by atoms with E-state index in [4.69, 9.17) is 23.2 Å². The Hall–Kier alpha value is -1.76. The molecule has 1 aliphatic heterocycles. The first kappa shape index (κ1) is 21.0. The van der Waals surface area contributed by atoms with Gasteiger partial charge in [0.1, 0.15) is 6.04 Å². The molecule has 1 N–H and O–H groups in total. The largest absolute Gasteiger partial charge is 0.480 e. The van der Waals surface area contributed by atoms with Gasteiger partial charge in [-0.15, -0.1) is 0 Å². The van der Waals surface area contributed by atoms with E-state index in [-0.39, 0.29) is 15.6 Å². The summed E-state index contributed by atoms with van der Waals surface area (Å²) < 4.78 is 41.2. The highest BCUT2D eigenvalue weighted by Gasteiger charge is 2.41.